The number of hydrogen-bond acceptors (Lipinski definition) is 5. The number of aromatic nitrogens is 3. The highest BCUT2D eigenvalue weighted by Gasteiger charge is 2.27. The minimum absolute atomic E-state index is 0.0400. The third-order valence-corrected chi connectivity index (χ3v) is 4.06. The summed E-state index contributed by atoms with van der Waals surface area (Å²) in [6, 6.07) is 3.21. The monoisotopic (exact) mass is 330 g/mol. The summed E-state index contributed by atoms with van der Waals surface area (Å²) in [6.45, 7) is 0.976. The summed E-state index contributed by atoms with van der Waals surface area (Å²) in [6.07, 6.45) is 6.10. The van der Waals surface area contributed by atoms with Gasteiger partial charge in [-0.1, -0.05) is 0 Å². The molecule has 1 amide bonds. The molecule has 1 atom stereocenters. The fourth-order valence-corrected chi connectivity index (χ4v) is 2.95. The molecule has 2 aromatic heterocycles. The van der Waals surface area contributed by atoms with E-state index in [0.717, 1.165) is 18.5 Å². The first-order chi connectivity index (χ1) is 11.5. The normalized spacial score (nSPS) is 17.7. The van der Waals surface area contributed by atoms with Gasteiger partial charge < -0.3 is 15.1 Å². The lowest BCUT2D eigenvalue weighted by Gasteiger charge is -2.32. The van der Waals surface area contributed by atoms with Crippen molar-refractivity contribution in [3.63, 3.8) is 0 Å². The van der Waals surface area contributed by atoms with Crippen LogP contribution < -0.4 is 0 Å². The van der Waals surface area contributed by atoms with E-state index in [-0.39, 0.29) is 24.1 Å². The van der Waals surface area contributed by atoms with E-state index >= 15 is 0 Å². The lowest BCUT2D eigenvalue weighted by molar-refractivity contribution is -0.137. The number of piperidine rings is 1. The molecule has 3 rings (SSSR count). The smallest absolute Gasteiger partial charge is 0.325 e. The molecule has 1 aliphatic heterocycles. The van der Waals surface area contributed by atoms with Gasteiger partial charge in [-0.2, -0.15) is 5.10 Å². The molecule has 2 aromatic rings. The number of pyridine rings is 1. The Morgan fingerprint density at radius 3 is 2.92 bits per heavy atom. The standard InChI is InChI=1S/C16H18N4O4/c21-13-6-12(7-17-8-13)16(24)19-4-1-2-11(9-19)14-3-5-20(18-14)10-15(22)23/h3,5-8,11,21H,1-2,4,9-10H2,(H,22,23). The Labute approximate surface area is 138 Å². The largest absolute Gasteiger partial charge is 0.506 e. The maximum Gasteiger partial charge on any atom is 0.325 e. The van der Waals surface area contributed by atoms with Crippen LogP contribution >= 0.6 is 0 Å². The lowest BCUT2D eigenvalue weighted by Crippen LogP contribution is -2.39. The van der Waals surface area contributed by atoms with E-state index in [4.69, 9.17) is 5.11 Å². The summed E-state index contributed by atoms with van der Waals surface area (Å²) in [7, 11) is 0. The van der Waals surface area contributed by atoms with Crippen LogP contribution in [0.5, 0.6) is 5.75 Å². The molecular weight excluding hydrogens is 312 g/mol. The number of aliphatic carboxylic acids is 1. The van der Waals surface area contributed by atoms with Gasteiger partial charge in [0.25, 0.3) is 5.91 Å². The molecule has 1 fully saturated rings. The number of carboxylic acid groups (broad SMARTS) is 1. The van der Waals surface area contributed by atoms with Crippen molar-refractivity contribution in [2.24, 2.45) is 0 Å². The molecule has 1 saturated heterocycles. The Morgan fingerprint density at radius 2 is 2.17 bits per heavy atom. The van der Waals surface area contributed by atoms with E-state index in [1.807, 2.05) is 0 Å². The Kier molecular flexibility index (Phi) is 4.45. The molecule has 0 bridgehead atoms. The number of nitrogens with zero attached hydrogens (tertiary/aromatic N) is 4. The van der Waals surface area contributed by atoms with E-state index < -0.39 is 5.97 Å². The molecule has 0 saturated carbocycles. The van der Waals surface area contributed by atoms with Crippen LogP contribution in [0.25, 0.3) is 0 Å². The molecule has 126 valence electrons. The molecule has 1 aliphatic rings. The van der Waals surface area contributed by atoms with Crippen molar-refractivity contribution in [2.45, 2.75) is 25.3 Å². The molecule has 2 N–H and O–H groups in total. The van der Waals surface area contributed by atoms with Crippen molar-refractivity contribution in [3.8, 4) is 5.75 Å². The van der Waals surface area contributed by atoms with E-state index in [2.05, 4.69) is 10.1 Å². The van der Waals surface area contributed by atoms with Gasteiger partial charge >= 0.3 is 5.97 Å². The predicted octanol–water partition coefficient (Wildman–Crippen LogP) is 1.09. The molecule has 8 heteroatoms. The van der Waals surface area contributed by atoms with Gasteiger partial charge in [-0.3, -0.25) is 19.3 Å². The Balaban J connectivity index is 1.71. The third kappa shape index (κ3) is 3.53. The number of carboxylic acids is 1. The Morgan fingerprint density at radius 1 is 1.33 bits per heavy atom. The van der Waals surface area contributed by atoms with Crippen molar-refractivity contribution >= 4 is 11.9 Å². The van der Waals surface area contributed by atoms with Crippen molar-refractivity contribution in [1.29, 1.82) is 0 Å². The summed E-state index contributed by atoms with van der Waals surface area (Å²) in [4.78, 5) is 28.9. The maximum atomic E-state index is 12.6. The van der Waals surface area contributed by atoms with Gasteiger partial charge in [-0.25, -0.2) is 0 Å². The second-order valence-corrected chi connectivity index (χ2v) is 5.85. The second kappa shape index (κ2) is 6.69. The van der Waals surface area contributed by atoms with E-state index in [1.54, 1.807) is 17.2 Å². The first kappa shape index (κ1) is 16.0. The first-order valence-electron chi connectivity index (χ1n) is 7.71. The number of aromatic hydroxyl groups is 1. The van der Waals surface area contributed by atoms with Crippen molar-refractivity contribution < 1.29 is 19.8 Å². The molecule has 24 heavy (non-hydrogen) atoms. The number of carbonyl (C=O) groups excluding carboxylic acids is 1. The summed E-state index contributed by atoms with van der Waals surface area (Å²) in [5.41, 5.74) is 1.15. The minimum atomic E-state index is -0.943. The summed E-state index contributed by atoms with van der Waals surface area (Å²) >= 11 is 0. The molecule has 0 spiro atoms. The predicted molar refractivity (Wildman–Crippen MR) is 83.6 cm³/mol. The highest BCUT2D eigenvalue weighted by atomic mass is 16.4. The van der Waals surface area contributed by atoms with Gasteiger partial charge in [0.1, 0.15) is 12.3 Å². The fraction of sp³-hybridized carbons (Fsp3) is 0.375. The van der Waals surface area contributed by atoms with Gasteiger partial charge in [0.15, 0.2) is 0 Å². The Bertz CT molecular complexity index is 758. The average Bonchev–Trinajstić information content (AvgIpc) is 3.02. The van der Waals surface area contributed by atoms with Gasteiger partial charge in [0.2, 0.25) is 0 Å². The molecule has 0 aliphatic carbocycles. The van der Waals surface area contributed by atoms with Crippen molar-refractivity contribution in [3.05, 3.63) is 42.0 Å². The number of rotatable bonds is 4. The number of amides is 1. The van der Waals surface area contributed by atoms with Crippen LogP contribution in [0.2, 0.25) is 0 Å². The summed E-state index contributed by atoms with van der Waals surface area (Å²) in [5.74, 6) is -1.08. The number of carbonyl (C=O) groups is 2. The zero-order valence-electron chi connectivity index (χ0n) is 13.0. The quantitative estimate of drug-likeness (QED) is 0.868. The van der Waals surface area contributed by atoms with Crippen LogP contribution in [0.1, 0.15) is 34.8 Å². The molecule has 8 nitrogen and oxygen atoms in total. The summed E-state index contributed by atoms with van der Waals surface area (Å²) in [5, 5.41) is 22.6. The SMILES string of the molecule is O=C(O)Cn1ccc(C2CCCN(C(=O)c3cncc(O)c3)C2)n1. The van der Waals surface area contributed by atoms with E-state index in [1.165, 1.54) is 23.1 Å². The molecular formula is C16H18N4O4. The van der Waals surface area contributed by atoms with Crippen LogP contribution in [-0.2, 0) is 11.3 Å². The van der Waals surface area contributed by atoms with E-state index in [9.17, 15) is 14.7 Å². The molecule has 0 radical (unpaired) electrons. The zero-order valence-corrected chi connectivity index (χ0v) is 13.0. The third-order valence-electron chi connectivity index (χ3n) is 4.06. The zero-order chi connectivity index (χ0) is 17.1. The molecule has 1 unspecified atom stereocenters. The summed E-state index contributed by atoms with van der Waals surface area (Å²) < 4.78 is 1.39. The number of hydrogen-bond donors (Lipinski definition) is 2. The number of likely N-dealkylation sites (tertiary alicyclic amines) is 1. The fourth-order valence-electron chi connectivity index (χ4n) is 2.95. The van der Waals surface area contributed by atoms with Gasteiger partial charge in [0, 0.05) is 31.4 Å². The van der Waals surface area contributed by atoms with Crippen molar-refractivity contribution in [1.82, 2.24) is 19.7 Å². The lowest BCUT2D eigenvalue weighted by atomic mass is 9.94. The first-order valence-corrected chi connectivity index (χ1v) is 7.71. The molecule has 0 aromatic carbocycles. The van der Waals surface area contributed by atoms with Gasteiger partial charge in [0.05, 0.1) is 17.5 Å². The van der Waals surface area contributed by atoms with Crippen LogP contribution in [0.4, 0.5) is 0 Å². The van der Waals surface area contributed by atoms with Crippen molar-refractivity contribution in [2.75, 3.05) is 13.1 Å². The maximum absolute atomic E-state index is 12.6. The topological polar surface area (TPSA) is 109 Å². The van der Waals surface area contributed by atoms with Crippen LogP contribution in [0.3, 0.4) is 0 Å². The van der Waals surface area contributed by atoms with Crippen LogP contribution in [0.15, 0.2) is 30.7 Å². The van der Waals surface area contributed by atoms with Gasteiger partial charge in [-0.05, 0) is 25.0 Å². The molecule has 3 heterocycles. The van der Waals surface area contributed by atoms with E-state index in [0.29, 0.717) is 18.7 Å². The van der Waals surface area contributed by atoms with Gasteiger partial charge in [-0.15, -0.1) is 0 Å². The minimum Gasteiger partial charge on any atom is -0.506 e. The van der Waals surface area contributed by atoms with Crippen LogP contribution in [-0.4, -0.2) is 54.8 Å². The van der Waals surface area contributed by atoms with Crippen LogP contribution in [0, 0.1) is 0 Å². The second-order valence-electron chi connectivity index (χ2n) is 5.85. The Hall–Kier alpha value is -2.90. The highest BCUT2D eigenvalue weighted by Crippen LogP contribution is 2.26. The highest BCUT2D eigenvalue weighted by molar-refractivity contribution is 5.94. The average molecular weight is 330 g/mol.